The van der Waals surface area contributed by atoms with E-state index < -0.39 is 0 Å². The lowest BCUT2D eigenvalue weighted by atomic mass is 10.2. The quantitative estimate of drug-likeness (QED) is 0.464. The highest BCUT2D eigenvalue weighted by Gasteiger charge is 2.12. The number of thioether (sulfide) groups is 1. The van der Waals surface area contributed by atoms with Crippen molar-refractivity contribution >= 4 is 17.7 Å². The molecule has 0 fully saturated rings. The third kappa shape index (κ3) is 6.93. The van der Waals surface area contributed by atoms with Crippen molar-refractivity contribution in [3.05, 3.63) is 0 Å². The van der Waals surface area contributed by atoms with Gasteiger partial charge >= 0.3 is 0 Å². The van der Waals surface area contributed by atoms with Crippen LogP contribution in [0.4, 0.5) is 0 Å². The Morgan fingerprint density at radius 3 is 2.38 bits per heavy atom. The smallest absolute Gasteiger partial charge is 0.222 e. The lowest BCUT2D eigenvalue weighted by Gasteiger charge is -2.22. The van der Waals surface area contributed by atoms with Crippen LogP contribution in [0, 0.1) is 0 Å². The summed E-state index contributed by atoms with van der Waals surface area (Å²) in [4.78, 5) is 14.3. The lowest BCUT2D eigenvalue weighted by Crippen LogP contribution is -2.32. The van der Waals surface area contributed by atoms with Crippen LogP contribution >= 0.6 is 11.8 Å². The van der Waals surface area contributed by atoms with E-state index >= 15 is 0 Å². The van der Waals surface area contributed by atoms with Crippen LogP contribution in [0.1, 0.15) is 52.4 Å². The molecule has 0 aliphatic heterocycles. The van der Waals surface area contributed by atoms with Crippen molar-refractivity contribution in [3.63, 3.8) is 0 Å². The molecule has 0 bridgehead atoms. The molecule has 0 unspecified atom stereocenters. The molecule has 0 radical (unpaired) electrons. The van der Waals surface area contributed by atoms with Gasteiger partial charge in [0.1, 0.15) is 0 Å². The normalized spacial score (nSPS) is 10.8. The topological polar surface area (TPSA) is 63.9 Å². The van der Waals surface area contributed by atoms with Gasteiger partial charge in [-0.1, -0.05) is 38.5 Å². The zero-order chi connectivity index (χ0) is 15.5. The summed E-state index contributed by atoms with van der Waals surface area (Å²) in [5.74, 6) is 1.16. The molecule has 0 saturated heterocycles. The summed E-state index contributed by atoms with van der Waals surface area (Å²) in [6, 6.07) is 0. The Balaban J connectivity index is 2.26. The number of aromatic nitrogens is 4. The van der Waals surface area contributed by atoms with E-state index in [4.69, 9.17) is 0 Å². The van der Waals surface area contributed by atoms with E-state index in [1.54, 1.807) is 16.4 Å². The monoisotopic (exact) mass is 313 g/mol. The van der Waals surface area contributed by atoms with Crippen LogP contribution in [-0.2, 0) is 11.8 Å². The molecule has 0 saturated carbocycles. The third-order valence-electron chi connectivity index (χ3n) is 3.26. The Morgan fingerprint density at radius 1 is 1.19 bits per heavy atom. The molecule has 1 heterocycles. The first-order valence-electron chi connectivity index (χ1n) is 7.82. The zero-order valence-electron chi connectivity index (χ0n) is 13.4. The molecule has 21 heavy (non-hydrogen) atoms. The summed E-state index contributed by atoms with van der Waals surface area (Å²) < 4.78 is 1.65. The van der Waals surface area contributed by atoms with Crippen molar-refractivity contribution in [2.45, 2.75) is 57.5 Å². The Labute approximate surface area is 131 Å². The van der Waals surface area contributed by atoms with Crippen LogP contribution in [-0.4, -0.2) is 49.9 Å². The van der Waals surface area contributed by atoms with Gasteiger partial charge in [-0.25, -0.2) is 4.68 Å². The molecule has 1 aromatic rings. The molecule has 1 rings (SSSR count). The summed E-state index contributed by atoms with van der Waals surface area (Å²) in [5, 5.41) is 12.1. The summed E-state index contributed by atoms with van der Waals surface area (Å²) >= 11 is 1.60. The Bertz CT molecular complexity index is 402. The predicted molar refractivity (Wildman–Crippen MR) is 85.2 cm³/mol. The maximum absolute atomic E-state index is 12.3. The molecule has 0 N–H and O–H groups in total. The van der Waals surface area contributed by atoms with Gasteiger partial charge in [0.15, 0.2) is 0 Å². The standard InChI is InChI=1S/C14H27N5OS/c1-4-6-10-19(11-7-5-2)13(20)9-8-12-21-14-15-16-17-18(14)3/h4-12H2,1-3H3. The first kappa shape index (κ1) is 17.9. The first-order valence-corrected chi connectivity index (χ1v) is 8.80. The minimum atomic E-state index is 0.286. The minimum Gasteiger partial charge on any atom is -0.343 e. The summed E-state index contributed by atoms with van der Waals surface area (Å²) in [7, 11) is 1.82. The van der Waals surface area contributed by atoms with E-state index in [0.29, 0.717) is 6.42 Å². The molecular formula is C14H27N5OS. The molecule has 7 heteroatoms. The van der Waals surface area contributed by atoms with Gasteiger partial charge in [0.25, 0.3) is 0 Å². The van der Waals surface area contributed by atoms with E-state index in [9.17, 15) is 4.79 Å². The average molecular weight is 313 g/mol. The highest BCUT2D eigenvalue weighted by molar-refractivity contribution is 7.99. The maximum atomic E-state index is 12.3. The molecule has 6 nitrogen and oxygen atoms in total. The number of nitrogens with zero attached hydrogens (tertiary/aromatic N) is 5. The molecule has 120 valence electrons. The van der Waals surface area contributed by atoms with E-state index in [-0.39, 0.29) is 5.91 Å². The van der Waals surface area contributed by atoms with Crippen molar-refractivity contribution in [2.75, 3.05) is 18.8 Å². The molecule has 0 spiro atoms. The third-order valence-corrected chi connectivity index (χ3v) is 4.36. The molecule has 1 aromatic heterocycles. The summed E-state index contributed by atoms with van der Waals surface area (Å²) in [5.41, 5.74) is 0. The van der Waals surface area contributed by atoms with Crippen LogP contribution in [0.5, 0.6) is 0 Å². The fourth-order valence-electron chi connectivity index (χ4n) is 1.95. The second-order valence-electron chi connectivity index (χ2n) is 5.12. The van der Waals surface area contributed by atoms with Crippen LogP contribution < -0.4 is 0 Å². The van der Waals surface area contributed by atoms with Crippen molar-refractivity contribution in [1.29, 1.82) is 0 Å². The Hall–Kier alpha value is -1.11. The summed E-state index contributed by atoms with van der Waals surface area (Å²) in [6.45, 7) is 6.12. The Morgan fingerprint density at radius 2 is 1.86 bits per heavy atom. The van der Waals surface area contributed by atoms with E-state index in [2.05, 4.69) is 29.4 Å². The van der Waals surface area contributed by atoms with Gasteiger partial charge in [0.05, 0.1) is 0 Å². The number of tetrazole rings is 1. The molecule has 0 aromatic carbocycles. The van der Waals surface area contributed by atoms with Crippen molar-refractivity contribution < 1.29 is 4.79 Å². The fourth-order valence-corrected chi connectivity index (χ4v) is 2.74. The number of carbonyl (C=O) groups excluding carboxylic acids is 1. The van der Waals surface area contributed by atoms with Gasteiger partial charge in [0, 0.05) is 32.3 Å². The number of carbonyl (C=O) groups is 1. The number of hydrogen-bond donors (Lipinski definition) is 0. The largest absolute Gasteiger partial charge is 0.343 e. The maximum Gasteiger partial charge on any atom is 0.222 e. The number of aryl methyl sites for hydroxylation is 1. The molecule has 0 atom stereocenters. The van der Waals surface area contributed by atoms with E-state index in [1.807, 2.05) is 11.9 Å². The molecular weight excluding hydrogens is 286 g/mol. The second-order valence-corrected chi connectivity index (χ2v) is 6.19. The lowest BCUT2D eigenvalue weighted by molar-refractivity contribution is -0.131. The number of hydrogen-bond acceptors (Lipinski definition) is 5. The van der Waals surface area contributed by atoms with Crippen LogP contribution in [0.25, 0.3) is 0 Å². The molecule has 0 aliphatic rings. The van der Waals surface area contributed by atoms with Gasteiger partial charge in [-0.2, -0.15) is 0 Å². The van der Waals surface area contributed by atoms with Crippen molar-refractivity contribution in [1.82, 2.24) is 25.1 Å². The fraction of sp³-hybridized carbons (Fsp3) is 0.857. The molecule has 0 aliphatic carbocycles. The number of amides is 1. The molecule has 1 amide bonds. The van der Waals surface area contributed by atoms with Crippen LogP contribution in [0.2, 0.25) is 0 Å². The number of rotatable bonds is 11. The van der Waals surface area contributed by atoms with Gasteiger partial charge in [-0.3, -0.25) is 4.79 Å². The SMILES string of the molecule is CCCCN(CCCC)C(=O)CCCSc1nnnn1C. The number of unbranched alkanes of at least 4 members (excludes halogenated alkanes) is 2. The minimum absolute atomic E-state index is 0.286. The van der Waals surface area contributed by atoms with Gasteiger partial charge in [0.2, 0.25) is 11.1 Å². The van der Waals surface area contributed by atoms with Gasteiger partial charge < -0.3 is 4.90 Å². The Kier molecular flexibility index (Phi) is 9.05. The van der Waals surface area contributed by atoms with Gasteiger partial charge in [-0.05, 0) is 29.7 Å². The highest BCUT2D eigenvalue weighted by Crippen LogP contribution is 2.15. The second kappa shape index (κ2) is 10.6. The van der Waals surface area contributed by atoms with Crippen LogP contribution in [0.15, 0.2) is 5.16 Å². The average Bonchev–Trinajstić information content (AvgIpc) is 2.89. The van der Waals surface area contributed by atoms with E-state index in [0.717, 1.165) is 56.1 Å². The van der Waals surface area contributed by atoms with Gasteiger partial charge in [-0.15, -0.1) is 5.10 Å². The highest BCUT2D eigenvalue weighted by atomic mass is 32.2. The first-order chi connectivity index (χ1) is 10.2. The van der Waals surface area contributed by atoms with Crippen LogP contribution in [0.3, 0.4) is 0 Å². The zero-order valence-corrected chi connectivity index (χ0v) is 14.2. The predicted octanol–water partition coefficient (Wildman–Crippen LogP) is 2.51. The summed E-state index contributed by atoms with van der Waals surface area (Å²) in [6.07, 6.45) is 5.93. The van der Waals surface area contributed by atoms with Crippen molar-refractivity contribution in [2.24, 2.45) is 7.05 Å². The van der Waals surface area contributed by atoms with E-state index in [1.165, 1.54) is 0 Å². The van der Waals surface area contributed by atoms with Crippen molar-refractivity contribution in [3.8, 4) is 0 Å².